The van der Waals surface area contributed by atoms with Crippen LogP contribution in [0.3, 0.4) is 0 Å². The molecule has 3 aromatic rings. The Labute approximate surface area is 191 Å². The molecule has 0 atom stereocenters. The van der Waals surface area contributed by atoms with Crippen LogP contribution in [0.2, 0.25) is 0 Å². The van der Waals surface area contributed by atoms with Crippen LogP contribution in [0.1, 0.15) is 5.76 Å². The first-order valence-corrected chi connectivity index (χ1v) is 10.9. The van der Waals surface area contributed by atoms with Gasteiger partial charge in [-0.1, -0.05) is 15.9 Å². The van der Waals surface area contributed by atoms with Gasteiger partial charge in [-0.2, -0.15) is 0 Å². The maximum absolute atomic E-state index is 12.3. The lowest BCUT2D eigenvalue weighted by Gasteiger charge is -2.00. The highest BCUT2D eigenvalue weighted by Crippen LogP contribution is 2.34. The summed E-state index contributed by atoms with van der Waals surface area (Å²) in [5, 5.41) is 14.1. The molecule has 30 heavy (non-hydrogen) atoms. The second-order valence-electron chi connectivity index (χ2n) is 6.08. The summed E-state index contributed by atoms with van der Waals surface area (Å²) in [6.45, 7) is 0. The molecule has 2 aromatic carbocycles. The fraction of sp³-hybridized carbons (Fsp3) is 0. The van der Waals surface area contributed by atoms with Gasteiger partial charge in [-0.25, -0.2) is 4.99 Å². The largest absolute Gasteiger partial charge is 0.457 e. The SMILES string of the molecule is O=C1NC(=Nc2ccc(Br)cc2)S/C1=C\c1ccc(-c2ccc([N+](=O)[O-])cc2Br)o1. The molecule has 4 rings (SSSR count). The molecule has 10 heteroatoms. The van der Waals surface area contributed by atoms with Gasteiger partial charge in [0.25, 0.3) is 11.6 Å². The van der Waals surface area contributed by atoms with Crippen molar-refractivity contribution in [3.8, 4) is 11.3 Å². The summed E-state index contributed by atoms with van der Waals surface area (Å²) in [4.78, 5) is 27.6. The topological polar surface area (TPSA) is 97.7 Å². The van der Waals surface area contributed by atoms with Crippen LogP contribution in [0.25, 0.3) is 17.4 Å². The lowest BCUT2D eigenvalue weighted by Crippen LogP contribution is -2.19. The Morgan fingerprint density at radius 3 is 2.57 bits per heavy atom. The van der Waals surface area contributed by atoms with Crippen LogP contribution in [-0.2, 0) is 4.79 Å². The van der Waals surface area contributed by atoms with Gasteiger partial charge >= 0.3 is 0 Å². The van der Waals surface area contributed by atoms with Crippen LogP contribution in [0, 0.1) is 10.1 Å². The molecule has 7 nitrogen and oxygen atoms in total. The quantitative estimate of drug-likeness (QED) is 0.235. The molecular weight excluding hydrogens is 538 g/mol. The summed E-state index contributed by atoms with van der Waals surface area (Å²) >= 11 is 7.93. The van der Waals surface area contributed by atoms with E-state index in [2.05, 4.69) is 42.2 Å². The number of amides is 1. The van der Waals surface area contributed by atoms with Gasteiger partial charge in [-0.05, 0) is 70.2 Å². The third kappa shape index (κ3) is 4.55. The molecule has 1 aliphatic rings. The van der Waals surface area contributed by atoms with Crippen LogP contribution in [0.4, 0.5) is 11.4 Å². The number of thioether (sulfide) groups is 1. The number of nitrogens with one attached hydrogen (secondary N) is 1. The van der Waals surface area contributed by atoms with Gasteiger partial charge < -0.3 is 9.73 Å². The minimum Gasteiger partial charge on any atom is -0.457 e. The van der Waals surface area contributed by atoms with E-state index in [9.17, 15) is 14.9 Å². The molecule has 150 valence electrons. The molecule has 0 spiro atoms. The number of aliphatic imine (C=N–C) groups is 1. The molecule has 2 heterocycles. The van der Waals surface area contributed by atoms with Gasteiger partial charge in [0.1, 0.15) is 11.5 Å². The lowest BCUT2D eigenvalue weighted by molar-refractivity contribution is -0.384. The van der Waals surface area contributed by atoms with Gasteiger partial charge in [0.05, 0.1) is 15.5 Å². The zero-order valence-corrected chi connectivity index (χ0v) is 19.0. The molecule has 1 saturated heterocycles. The number of non-ortho nitro benzene ring substituents is 1. The molecule has 1 amide bonds. The van der Waals surface area contributed by atoms with E-state index in [1.165, 1.54) is 23.9 Å². The van der Waals surface area contributed by atoms with Gasteiger partial charge in [0, 0.05) is 32.7 Å². The average Bonchev–Trinajstić information content (AvgIpc) is 3.30. The van der Waals surface area contributed by atoms with Gasteiger partial charge in [-0.3, -0.25) is 14.9 Å². The summed E-state index contributed by atoms with van der Waals surface area (Å²) in [5.74, 6) is 0.749. The normalized spacial score (nSPS) is 16.3. The Kier molecular flexibility index (Phi) is 5.89. The number of benzene rings is 2. The number of amidine groups is 1. The number of carbonyl (C=O) groups excluding carboxylic acids is 1. The first-order valence-electron chi connectivity index (χ1n) is 8.48. The smallest absolute Gasteiger partial charge is 0.270 e. The van der Waals surface area contributed by atoms with Crippen LogP contribution < -0.4 is 5.32 Å². The van der Waals surface area contributed by atoms with Crippen LogP contribution in [-0.4, -0.2) is 16.0 Å². The van der Waals surface area contributed by atoms with Crippen molar-refractivity contribution in [3.63, 3.8) is 0 Å². The van der Waals surface area contributed by atoms with Gasteiger partial charge in [0.2, 0.25) is 0 Å². The number of hydrogen-bond donors (Lipinski definition) is 1. The number of rotatable bonds is 4. The Balaban J connectivity index is 1.55. The van der Waals surface area contributed by atoms with E-state index in [-0.39, 0.29) is 11.6 Å². The summed E-state index contributed by atoms with van der Waals surface area (Å²) < 4.78 is 7.30. The second-order valence-corrected chi connectivity index (χ2v) is 8.88. The number of nitrogens with zero attached hydrogens (tertiary/aromatic N) is 2. The molecule has 1 aliphatic heterocycles. The van der Waals surface area contributed by atoms with E-state index in [0.717, 1.165) is 10.2 Å². The van der Waals surface area contributed by atoms with E-state index >= 15 is 0 Å². The summed E-state index contributed by atoms with van der Waals surface area (Å²) in [6, 6.07) is 15.3. The highest BCUT2D eigenvalue weighted by atomic mass is 79.9. The second kappa shape index (κ2) is 8.58. The predicted molar refractivity (Wildman–Crippen MR) is 123 cm³/mol. The minimum atomic E-state index is -0.462. The molecule has 0 bridgehead atoms. The van der Waals surface area contributed by atoms with Crippen molar-refractivity contribution in [1.29, 1.82) is 0 Å². The Hall–Kier alpha value is -2.69. The molecule has 0 radical (unpaired) electrons. The maximum atomic E-state index is 12.3. The lowest BCUT2D eigenvalue weighted by atomic mass is 10.1. The first-order chi connectivity index (χ1) is 14.4. The van der Waals surface area contributed by atoms with Crippen LogP contribution >= 0.6 is 43.6 Å². The van der Waals surface area contributed by atoms with Crippen LogP contribution in [0.15, 0.2) is 77.9 Å². The molecule has 1 N–H and O–H groups in total. The van der Waals surface area contributed by atoms with Gasteiger partial charge in [0.15, 0.2) is 5.17 Å². The highest BCUT2D eigenvalue weighted by molar-refractivity contribution is 9.10. The molecule has 0 saturated carbocycles. The minimum absolute atomic E-state index is 0.0175. The van der Waals surface area contributed by atoms with E-state index < -0.39 is 4.92 Å². The average molecular weight is 549 g/mol. The van der Waals surface area contributed by atoms with E-state index in [0.29, 0.717) is 31.6 Å². The zero-order chi connectivity index (χ0) is 21.3. The van der Waals surface area contributed by atoms with E-state index in [1.54, 1.807) is 24.3 Å². The standard InChI is InChI=1S/C20H11Br2N3O4S/c21-11-1-3-12(4-2-11)23-20-24-19(26)18(30-20)10-14-6-8-17(29-14)15-7-5-13(25(27)28)9-16(15)22/h1-10H,(H,23,24,26)/b18-10-. The van der Waals surface area contributed by atoms with Crippen molar-refractivity contribution in [3.05, 3.63) is 84.3 Å². The zero-order valence-electron chi connectivity index (χ0n) is 15.0. The number of halogens is 2. The highest BCUT2D eigenvalue weighted by Gasteiger charge is 2.24. The molecule has 1 aromatic heterocycles. The fourth-order valence-corrected chi connectivity index (χ4v) is 4.28. The first kappa shape index (κ1) is 20.6. The number of nitro benzene ring substituents is 1. The van der Waals surface area contributed by atoms with E-state index in [4.69, 9.17) is 4.42 Å². The Bertz CT molecular complexity index is 1220. The van der Waals surface area contributed by atoms with E-state index in [1.807, 2.05) is 24.3 Å². The summed E-state index contributed by atoms with van der Waals surface area (Å²) in [7, 11) is 0. The van der Waals surface area contributed by atoms with Crippen molar-refractivity contribution in [1.82, 2.24) is 5.32 Å². The van der Waals surface area contributed by atoms with Crippen molar-refractivity contribution in [2.24, 2.45) is 4.99 Å². The van der Waals surface area contributed by atoms with Crippen molar-refractivity contribution >= 4 is 72.1 Å². The molecule has 0 unspecified atom stereocenters. The van der Waals surface area contributed by atoms with Crippen LogP contribution in [0.5, 0.6) is 0 Å². The van der Waals surface area contributed by atoms with Crippen molar-refractivity contribution in [2.45, 2.75) is 0 Å². The molecule has 1 fully saturated rings. The summed E-state index contributed by atoms with van der Waals surface area (Å²) in [6.07, 6.45) is 1.63. The number of hydrogen-bond acceptors (Lipinski definition) is 6. The number of furan rings is 1. The number of carbonyl (C=O) groups is 1. The maximum Gasteiger partial charge on any atom is 0.270 e. The molecule has 0 aliphatic carbocycles. The Morgan fingerprint density at radius 2 is 1.87 bits per heavy atom. The fourth-order valence-electron chi connectivity index (χ4n) is 2.64. The predicted octanol–water partition coefficient (Wildman–Crippen LogP) is 6.27. The van der Waals surface area contributed by atoms with Crippen molar-refractivity contribution < 1.29 is 14.1 Å². The number of nitro groups is 1. The summed E-state index contributed by atoms with van der Waals surface area (Å²) in [5.41, 5.74) is 1.38. The molecular formula is C20H11Br2N3O4S. The third-order valence-corrected chi connectivity index (χ3v) is 6.13. The monoisotopic (exact) mass is 547 g/mol. The van der Waals surface area contributed by atoms with Crippen molar-refractivity contribution in [2.75, 3.05) is 0 Å². The Morgan fingerprint density at radius 1 is 1.10 bits per heavy atom. The van der Waals surface area contributed by atoms with Gasteiger partial charge in [-0.15, -0.1) is 0 Å². The third-order valence-electron chi connectivity index (χ3n) is 4.04.